The fourth-order valence-corrected chi connectivity index (χ4v) is 3.82. The average molecular weight is 319 g/mol. The summed E-state index contributed by atoms with van der Waals surface area (Å²) >= 11 is 0. The van der Waals surface area contributed by atoms with Crippen molar-refractivity contribution in [1.82, 2.24) is 4.72 Å². The summed E-state index contributed by atoms with van der Waals surface area (Å²) in [6.45, 7) is 6.09. The van der Waals surface area contributed by atoms with Gasteiger partial charge in [-0.25, -0.2) is 13.1 Å². The van der Waals surface area contributed by atoms with Gasteiger partial charge in [0.25, 0.3) is 0 Å². The monoisotopic (exact) mass is 318 g/mol. The SMILES string of the molecule is Cc1ccc(S(=O)(=O)NC(C)(CN)C2CC2)cc1C.Cl. The highest BCUT2D eigenvalue weighted by atomic mass is 35.5. The Bertz CT molecular complexity index is 585. The highest BCUT2D eigenvalue weighted by molar-refractivity contribution is 7.89. The molecule has 1 aromatic rings. The van der Waals surface area contributed by atoms with Gasteiger partial charge in [-0.2, -0.15) is 0 Å². The lowest BCUT2D eigenvalue weighted by Gasteiger charge is -2.29. The summed E-state index contributed by atoms with van der Waals surface area (Å²) in [4.78, 5) is 0.316. The molecule has 0 aromatic heterocycles. The molecule has 1 aromatic carbocycles. The molecule has 1 aliphatic rings. The van der Waals surface area contributed by atoms with Crippen LogP contribution in [0.5, 0.6) is 0 Å². The van der Waals surface area contributed by atoms with Gasteiger partial charge in [0.05, 0.1) is 4.90 Å². The van der Waals surface area contributed by atoms with Crippen LogP contribution in [0.1, 0.15) is 30.9 Å². The van der Waals surface area contributed by atoms with Gasteiger partial charge in [-0.15, -0.1) is 12.4 Å². The van der Waals surface area contributed by atoms with Crippen LogP contribution in [0.2, 0.25) is 0 Å². The van der Waals surface area contributed by atoms with E-state index in [4.69, 9.17) is 5.73 Å². The van der Waals surface area contributed by atoms with E-state index < -0.39 is 15.6 Å². The van der Waals surface area contributed by atoms with E-state index in [0.717, 1.165) is 24.0 Å². The fraction of sp³-hybridized carbons (Fsp3) is 0.571. The molecule has 20 heavy (non-hydrogen) atoms. The molecular formula is C14H23ClN2O2S. The molecule has 0 radical (unpaired) electrons. The van der Waals surface area contributed by atoms with Crippen molar-refractivity contribution >= 4 is 22.4 Å². The van der Waals surface area contributed by atoms with Crippen molar-refractivity contribution in [2.45, 2.75) is 44.0 Å². The van der Waals surface area contributed by atoms with E-state index in [1.807, 2.05) is 26.8 Å². The smallest absolute Gasteiger partial charge is 0.241 e. The molecule has 6 heteroatoms. The van der Waals surface area contributed by atoms with Crippen molar-refractivity contribution in [3.05, 3.63) is 29.3 Å². The lowest BCUT2D eigenvalue weighted by Crippen LogP contribution is -2.52. The summed E-state index contributed by atoms with van der Waals surface area (Å²) < 4.78 is 27.7. The first-order valence-electron chi connectivity index (χ1n) is 6.60. The van der Waals surface area contributed by atoms with Gasteiger partial charge < -0.3 is 5.73 Å². The Kier molecular flexibility index (Phi) is 5.24. The molecule has 0 spiro atoms. The maximum Gasteiger partial charge on any atom is 0.241 e. The van der Waals surface area contributed by atoms with E-state index in [0.29, 0.717) is 17.4 Å². The zero-order chi connectivity index (χ0) is 14.3. The van der Waals surface area contributed by atoms with Crippen LogP contribution in [-0.2, 0) is 10.0 Å². The van der Waals surface area contributed by atoms with E-state index >= 15 is 0 Å². The van der Waals surface area contributed by atoms with Gasteiger partial charge in [0.15, 0.2) is 0 Å². The molecule has 1 unspecified atom stereocenters. The summed E-state index contributed by atoms with van der Waals surface area (Å²) in [5, 5.41) is 0. The number of sulfonamides is 1. The highest BCUT2D eigenvalue weighted by Gasteiger charge is 2.43. The minimum Gasteiger partial charge on any atom is -0.329 e. The van der Waals surface area contributed by atoms with Gasteiger partial charge >= 0.3 is 0 Å². The second-order valence-electron chi connectivity index (χ2n) is 5.75. The number of hydrogen-bond acceptors (Lipinski definition) is 3. The highest BCUT2D eigenvalue weighted by Crippen LogP contribution is 2.39. The summed E-state index contributed by atoms with van der Waals surface area (Å²) in [5.74, 6) is 0.360. The Morgan fingerprint density at radius 3 is 2.35 bits per heavy atom. The number of nitrogens with one attached hydrogen (secondary N) is 1. The third-order valence-corrected chi connectivity index (χ3v) is 5.67. The second-order valence-corrected chi connectivity index (χ2v) is 7.43. The van der Waals surface area contributed by atoms with Gasteiger partial charge in [0.1, 0.15) is 0 Å². The number of nitrogens with two attached hydrogens (primary N) is 1. The first kappa shape index (κ1) is 17.4. The molecule has 4 nitrogen and oxygen atoms in total. The molecular weight excluding hydrogens is 296 g/mol. The molecule has 0 amide bonds. The number of benzene rings is 1. The van der Waals surface area contributed by atoms with Crippen LogP contribution in [0, 0.1) is 19.8 Å². The Hall–Kier alpha value is -0.620. The molecule has 1 aliphatic carbocycles. The summed E-state index contributed by atoms with van der Waals surface area (Å²) in [6, 6.07) is 5.19. The van der Waals surface area contributed by atoms with Gasteiger partial charge in [0.2, 0.25) is 10.0 Å². The Balaban J connectivity index is 0.00000200. The van der Waals surface area contributed by atoms with Gasteiger partial charge in [0, 0.05) is 12.1 Å². The molecule has 3 N–H and O–H groups in total. The van der Waals surface area contributed by atoms with E-state index in [-0.39, 0.29) is 12.4 Å². The van der Waals surface area contributed by atoms with Crippen molar-refractivity contribution in [2.24, 2.45) is 11.7 Å². The van der Waals surface area contributed by atoms with Gasteiger partial charge in [-0.05, 0) is 62.8 Å². The van der Waals surface area contributed by atoms with Gasteiger partial charge in [-0.3, -0.25) is 0 Å². The molecule has 1 fully saturated rings. The molecule has 0 saturated heterocycles. The van der Waals surface area contributed by atoms with Gasteiger partial charge in [-0.1, -0.05) is 6.07 Å². The van der Waals surface area contributed by atoms with Crippen LogP contribution in [0.15, 0.2) is 23.1 Å². The average Bonchev–Trinajstić information content (AvgIpc) is 3.16. The standard InChI is InChI=1S/C14H22N2O2S.ClH/c1-10-4-7-13(8-11(10)2)19(17,18)16-14(3,9-15)12-5-6-12;/h4,7-8,12,16H,5-6,9,15H2,1-3H3;1H. The van der Waals surface area contributed by atoms with E-state index in [2.05, 4.69) is 4.72 Å². The molecule has 0 bridgehead atoms. The minimum absolute atomic E-state index is 0. The quantitative estimate of drug-likeness (QED) is 0.873. The first-order valence-corrected chi connectivity index (χ1v) is 8.08. The van der Waals surface area contributed by atoms with Crippen LogP contribution in [-0.4, -0.2) is 20.5 Å². The van der Waals surface area contributed by atoms with E-state index in [9.17, 15) is 8.42 Å². The Morgan fingerprint density at radius 1 is 1.30 bits per heavy atom. The van der Waals surface area contributed by atoms with Crippen LogP contribution < -0.4 is 10.5 Å². The first-order chi connectivity index (χ1) is 8.78. The molecule has 114 valence electrons. The van der Waals surface area contributed by atoms with Crippen LogP contribution in [0.4, 0.5) is 0 Å². The zero-order valence-electron chi connectivity index (χ0n) is 12.1. The summed E-state index contributed by atoms with van der Waals surface area (Å²) in [7, 11) is -3.50. The van der Waals surface area contributed by atoms with E-state index in [1.54, 1.807) is 12.1 Å². The summed E-state index contributed by atoms with van der Waals surface area (Å²) in [6.07, 6.45) is 2.09. The van der Waals surface area contributed by atoms with Crippen LogP contribution in [0.3, 0.4) is 0 Å². The van der Waals surface area contributed by atoms with Crippen molar-refractivity contribution in [2.75, 3.05) is 6.54 Å². The maximum absolute atomic E-state index is 12.4. The predicted octanol–water partition coefficient (Wildman–Crippen LogP) is 2.13. The second kappa shape index (κ2) is 6.02. The predicted molar refractivity (Wildman–Crippen MR) is 83.7 cm³/mol. The summed E-state index contributed by atoms with van der Waals surface area (Å²) in [5.41, 5.74) is 7.29. The maximum atomic E-state index is 12.4. The van der Waals surface area contributed by atoms with Crippen molar-refractivity contribution in [1.29, 1.82) is 0 Å². The van der Waals surface area contributed by atoms with Crippen molar-refractivity contribution in [3.8, 4) is 0 Å². The fourth-order valence-electron chi connectivity index (χ4n) is 2.26. The third-order valence-electron chi connectivity index (χ3n) is 4.06. The Labute approximate surface area is 127 Å². The Morgan fingerprint density at radius 2 is 1.90 bits per heavy atom. The molecule has 1 atom stereocenters. The minimum atomic E-state index is -3.50. The molecule has 1 saturated carbocycles. The largest absolute Gasteiger partial charge is 0.329 e. The van der Waals surface area contributed by atoms with Crippen molar-refractivity contribution < 1.29 is 8.42 Å². The number of halogens is 1. The van der Waals surface area contributed by atoms with Crippen molar-refractivity contribution in [3.63, 3.8) is 0 Å². The molecule has 0 aliphatic heterocycles. The molecule has 2 rings (SSSR count). The lowest BCUT2D eigenvalue weighted by molar-refractivity contribution is 0.374. The number of hydrogen-bond donors (Lipinski definition) is 2. The lowest BCUT2D eigenvalue weighted by atomic mass is 9.98. The van der Waals surface area contributed by atoms with Crippen LogP contribution >= 0.6 is 12.4 Å². The topological polar surface area (TPSA) is 72.2 Å². The normalized spacial score (nSPS) is 18.2. The number of rotatable bonds is 5. The molecule has 0 heterocycles. The van der Waals surface area contributed by atoms with Crippen LogP contribution in [0.25, 0.3) is 0 Å². The zero-order valence-corrected chi connectivity index (χ0v) is 13.8. The van der Waals surface area contributed by atoms with E-state index in [1.165, 1.54) is 0 Å². The third kappa shape index (κ3) is 3.52. The number of aryl methyl sites for hydroxylation is 2.